The van der Waals surface area contributed by atoms with Crippen LogP contribution in [0.25, 0.3) is 0 Å². The van der Waals surface area contributed by atoms with Crippen molar-refractivity contribution < 1.29 is 9.84 Å². The van der Waals surface area contributed by atoms with Crippen molar-refractivity contribution in [3.05, 3.63) is 41.2 Å². The van der Waals surface area contributed by atoms with E-state index in [0.717, 1.165) is 12.8 Å². The quantitative estimate of drug-likeness (QED) is 0.852. The van der Waals surface area contributed by atoms with E-state index < -0.39 is 0 Å². The topological polar surface area (TPSA) is 29.5 Å². The maximum absolute atomic E-state index is 9.30. The fourth-order valence-corrected chi connectivity index (χ4v) is 2.53. The van der Waals surface area contributed by atoms with E-state index in [2.05, 4.69) is 6.92 Å². The van der Waals surface area contributed by atoms with E-state index in [0.29, 0.717) is 11.7 Å². The van der Waals surface area contributed by atoms with E-state index in [4.69, 9.17) is 4.74 Å². The van der Waals surface area contributed by atoms with E-state index in [9.17, 15) is 5.11 Å². The molecule has 2 nitrogen and oxygen atoms in total. The summed E-state index contributed by atoms with van der Waals surface area (Å²) < 4.78 is 6.11. The van der Waals surface area contributed by atoms with Crippen LogP contribution in [-0.2, 0) is 4.74 Å². The Hall–Kier alpha value is -1.44. The van der Waals surface area contributed by atoms with Gasteiger partial charge in [-0.15, -0.1) is 0 Å². The summed E-state index contributed by atoms with van der Waals surface area (Å²) in [4.78, 5) is 0. The highest BCUT2D eigenvalue weighted by atomic mass is 16.5. The number of hydrogen-bond donors (Lipinski definition) is 1. The maximum atomic E-state index is 9.30. The second kappa shape index (κ2) is 4.10. The molecule has 1 saturated carbocycles. The van der Waals surface area contributed by atoms with E-state index in [-0.39, 0.29) is 6.10 Å². The number of benzene rings is 1. The van der Waals surface area contributed by atoms with Gasteiger partial charge in [-0.2, -0.15) is 0 Å². The third-order valence-electron chi connectivity index (χ3n) is 3.69. The van der Waals surface area contributed by atoms with Crippen molar-refractivity contribution in [1.82, 2.24) is 0 Å². The molecule has 1 aromatic rings. The lowest BCUT2D eigenvalue weighted by Gasteiger charge is -2.13. The zero-order valence-electron chi connectivity index (χ0n) is 10.1. The minimum Gasteiger partial charge on any atom is -0.508 e. The molecule has 17 heavy (non-hydrogen) atoms. The summed E-state index contributed by atoms with van der Waals surface area (Å²) in [6.07, 6.45) is 4.87. The number of phenols is 1. The van der Waals surface area contributed by atoms with Crippen LogP contribution in [0.3, 0.4) is 0 Å². The number of ether oxygens (including phenoxy) is 1. The van der Waals surface area contributed by atoms with Gasteiger partial charge in [0, 0.05) is 12.3 Å². The van der Waals surface area contributed by atoms with Crippen LogP contribution in [0.4, 0.5) is 0 Å². The lowest BCUT2D eigenvalue weighted by molar-refractivity contribution is 0.134. The standard InChI is InChI=1S/C15H18O2/c1-2-10-9-14(17-15(10)12-3-4-12)11-5-7-13(16)8-6-11/h5-8,12,14,16H,2-4,9H2,1H3. The average Bonchev–Trinajstić information content (AvgIpc) is 3.10. The molecule has 1 aliphatic carbocycles. The van der Waals surface area contributed by atoms with Crippen LogP contribution >= 0.6 is 0 Å². The highest BCUT2D eigenvalue weighted by Gasteiger charge is 2.36. The Morgan fingerprint density at radius 3 is 2.53 bits per heavy atom. The summed E-state index contributed by atoms with van der Waals surface area (Å²) in [5, 5.41) is 9.30. The first kappa shape index (κ1) is 10.7. The molecule has 0 aromatic heterocycles. The van der Waals surface area contributed by atoms with Crippen molar-refractivity contribution >= 4 is 0 Å². The molecule has 0 saturated heterocycles. The first-order chi connectivity index (χ1) is 8.28. The fourth-order valence-electron chi connectivity index (χ4n) is 2.53. The monoisotopic (exact) mass is 230 g/mol. The molecule has 1 fully saturated rings. The number of rotatable bonds is 3. The molecule has 1 heterocycles. The predicted octanol–water partition coefficient (Wildman–Crippen LogP) is 3.93. The third kappa shape index (κ3) is 2.04. The molecule has 1 N–H and O–H groups in total. The molecular formula is C15H18O2. The van der Waals surface area contributed by atoms with Gasteiger partial charge >= 0.3 is 0 Å². The summed E-state index contributed by atoms with van der Waals surface area (Å²) in [6.45, 7) is 2.21. The minimum atomic E-state index is 0.168. The molecule has 0 amide bonds. The van der Waals surface area contributed by atoms with E-state index in [1.54, 1.807) is 12.1 Å². The van der Waals surface area contributed by atoms with E-state index in [1.165, 1.54) is 29.7 Å². The first-order valence-electron chi connectivity index (χ1n) is 6.45. The van der Waals surface area contributed by atoms with Gasteiger partial charge in [0.05, 0.1) is 5.76 Å². The SMILES string of the molecule is CCC1=C(C2CC2)OC(c2ccc(O)cc2)C1. The van der Waals surface area contributed by atoms with E-state index >= 15 is 0 Å². The number of aromatic hydroxyl groups is 1. The molecular weight excluding hydrogens is 212 g/mol. The number of allylic oxidation sites excluding steroid dienone is 1. The van der Waals surface area contributed by atoms with Gasteiger partial charge in [0.15, 0.2) is 0 Å². The summed E-state index contributed by atoms with van der Waals surface area (Å²) >= 11 is 0. The third-order valence-corrected chi connectivity index (χ3v) is 3.69. The highest BCUT2D eigenvalue weighted by molar-refractivity contribution is 5.31. The van der Waals surface area contributed by atoms with Crippen LogP contribution in [0.5, 0.6) is 5.75 Å². The largest absolute Gasteiger partial charge is 0.508 e. The molecule has 1 unspecified atom stereocenters. The predicted molar refractivity (Wildman–Crippen MR) is 66.6 cm³/mol. The summed E-state index contributed by atoms with van der Waals surface area (Å²) in [5.41, 5.74) is 2.66. The molecule has 1 aromatic carbocycles. The van der Waals surface area contributed by atoms with E-state index in [1.807, 2.05) is 12.1 Å². The smallest absolute Gasteiger partial charge is 0.127 e. The normalized spacial score (nSPS) is 23.9. The van der Waals surface area contributed by atoms with Crippen LogP contribution in [0, 0.1) is 5.92 Å². The van der Waals surface area contributed by atoms with Gasteiger partial charge in [-0.25, -0.2) is 0 Å². The van der Waals surface area contributed by atoms with Gasteiger partial charge in [-0.1, -0.05) is 19.1 Å². The van der Waals surface area contributed by atoms with Crippen LogP contribution < -0.4 is 0 Å². The first-order valence-corrected chi connectivity index (χ1v) is 6.45. The van der Waals surface area contributed by atoms with Crippen LogP contribution in [0.15, 0.2) is 35.6 Å². The average molecular weight is 230 g/mol. The van der Waals surface area contributed by atoms with Gasteiger partial charge in [0.25, 0.3) is 0 Å². The number of phenolic OH excluding ortho intramolecular Hbond substituents is 1. The summed E-state index contributed by atoms with van der Waals surface area (Å²) in [6, 6.07) is 7.39. The number of hydrogen-bond acceptors (Lipinski definition) is 2. The zero-order valence-corrected chi connectivity index (χ0v) is 10.1. The molecule has 0 spiro atoms. The van der Waals surface area contributed by atoms with Gasteiger partial charge in [-0.3, -0.25) is 0 Å². The Kier molecular flexibility index (Phi) is 2.58. The van der Waals surface area contributed by atoms with Crippen LogP contribution in [0.1, 0.15) is 44.3 Å². The van der Waals surface area contributed by atoms with Crippen molar-refractivity contribution in [3.63, 3.8) is 0 Å². The Labute approximate surface area is 102 Å². The van der Waals surface area contributed by atoms with Gasteiger partial charge in [0.2, 0.25) is 0 Å². The summed E-state index contributed by atoms with van der Waals surface area (Å²) in [7, 11) is 0. The highest BCUT2D eigenvalue weighted by Crippen LogP contribution is 2.48. The van der Waals surface area contributed by atoms with Crippen molar-refractivity contribution in [2.24, 2.45) is 5.92 Å². The van der Waals surface area contributed by atoms with Crippen LogP contribution in [-0.4, -0.2) is 5.11 Å². The van der Waals surface area contributed by atoms with Crippen molar-refractivity contribution in [2.75, 3.05) is 0 Å². The van der Waals surface area contributed by atoms with Crippen molar-refractivity contribution in [1.29, 1.82) is 0 Å². The minimum absolute atomic E-state index is 0.168. The lowest BCUT2D eigenvalue weighted by Crippen LogP contribution is -1.97. The molecule has 1 atom stereocenters. The Balaban J connectivity index is 1.78. The molecule has 1 aliphatic heterocycles. The second-order valence-corrected chi connectivity index (χ2v) is 5.00. The molecule has 0 radical (unpaired) electrons. The second-order valence-electron chi connectivity index (χ2n) is 5.00. The van der Waals surface area contributed by atoms with Crippen molar-refractivity contribution in [2.45, 2.75) is 38.7 Å². The Morgan fingerprint density at radius 1 is 1.24 bits per heavy atom. The summed E-state index contributed by atoms with van der Waals surface area (Å²) in [5.74, 6) is 2.29. The molecule has 0 bridgehead atoms. The maximum Gasteiger partial charge on any atom is 0.127 e. The molecule has 2 heteroatoms. The molecule has 3 rings (SSSR count). The molecule has 90 valence electrons. The lowest BCUT2D eigenvalue weighted by atomic mass is 10.0. The fraction of sp³-hybridized carbons (Fsp3) is 0.467. The van der Waals surface area contributed by atoms with Gasteiger partial charge in [0.1, 0.15) is 11.9 Å². The van der Waals surface area contributed by atoms with Gasteiger partial charge in [-0.05, 0) is 42.5 Å². The van der Waals surface area contributed by atoms with Crippen LogP contribution in [0.2, 0.25) is 0 Å². The Bertz CT molecular complexity index is 440. The van der Waals surface area contributed by atoms with Crippen molar-refractivity contribution in [3.8, 4) is 5.75 Å². The zero-order chi connectivity index (χ0) is 11.8. The Morgan fingerprint density at radius 2 is 1.94 bits per heavy atom. The van der Waals surface area contributed by atoms with Gasteiger partial charge < -0.3 is 9.84 Å². The molecule has 2 aliphatic rings.